The Morgan fingerprint density at radius 3 is 2.23 bits per heavy atom. The van der Waals surface area contributed by atoms with Crippen LogP contribution in [0.25, 0.3) is 11.3 Å². The Labute approximate surface area is 150 Å². The van der Waals surface area contributed by atoms with Gasteiger partial charge in [-0.15, -0.1) is 0 Å². The summed E-state index contributed by atoms with van der Waals surface area (Å²) < 4.78 is 53.2. The number of methoxy groups -OCH3 is 2. The van der Waals surface area contributed by atoms with Crippen molar-refractivity contribution >= 4 is 21.7 Å². The van der Waals surface area contributed by atoms with Crippen molar-refractivity contribution in [1.29, 1.82) is 0 Å². The van der Waals surface area contributed by atoms with E-state index in [0.717, 1.165) is 19.2 Å². The fraction of sp³-hybridized carbons (Fsp3) is 0.294. The molecular formula is C17H19F3N2O3S. The van der Waals surface area contributed by atoms with Crippen LogP contribution in [0.1, 0.15) is 10.5 Å². The second-order valence-electron chi connectivity index (χ2n) is 6.16. The lowest BCUT2D eigenvalue weighted by molar-refractivity contribution is 0.0590. The molecule has 0 fully saturated rings. The lowest BCUT2D eigenvalue weighted by atomic mass is 10.1. The van der Waals surface area contributed by atoms with Crippen LogP contribution in [0.5, 0.6) is 5.75 Å². The van der Waals surface area contributed by atoms with Crippen LogP contribution in [0.3, 0.4) is 0 Å². The van der Waals surface area contributed by atoms with Gasteiger partial charge in [-0.25, -0.2) is 33.0 Å². The quantitative estimate of drug-likeness (QED) is 0.810. The summed E-state index contributed by atoms with van der Waals surface area (Å²) in [5, 5.41) is 0. The summed E-state index contributed by atoms with van der Waals surface area (Å²) in [6, 6.07) is 1.86. The SMILES string of the molecule is COC(=O)c1nc(-c2cc(F)c(S(C)(C)C)cc2F)c(F)c(N)c1OC. The molecule has 5 nitrogen and oxygen atoms in total. The zero-order valence-electron chi connectivity index (χ0n) is 14.9. The van der Waals surface area contributed by atoms with E-state index in [2.05, 4.69) is 9.72 Å². The third-order valence-electron chi connectivity index (χ3n) is 3.65. The largest absolute Gasteiger partial charge is 0.492 e. The number of benzene rings is 1. The van der Waals surface area contributed by atoms with E-state index in [4.69, 9.17) is 10.5 Å². The molecule has 0 saturated carbocycles. The summed E-state index contributed by atoms with van der Waals surface area (Å²) >= 11 is 0. The van der Waals surface area contributed by atoms with Crippen molar-refractivity contribution < 1.29 is 27.4 Å². The highest BCUT2D eigenvalue weighted by molar-refractivity contribution is 8.32. The molecular weight excluding hydrogens is 369 g/mol. The Hall–Kier alpha value is -2.42. The molecule has 0 amide bonds. The lowest BCUT2D eigenvalue weighted by Gasteiger charge is -2.26. The minimum absolute atomic E-state index is 0.203. The molecule has 2 N–H and O–H groups in total. The van der Waals surface area contributed by atoms with Gasteiger partial charge in [0.05, 0.1) is 14.2 Å². The van der Waals surface area contributed by atoms with Crippen molar-refractivity contribution in [2.75, 3.05) is 38.7 Å². The van der Waals surface area contributed by atoms with E-state index in [9.17, 15) is 18.0 Å². The number of esters is 1. The van der Waals surface area contributed by atoms with E-state index < -0.39 is 56.1 Å². The molecule has 0 bridgehead atoms. The molecule has 0 aliphatic carbocycles. The molecule has 0 unspecified atom stereocenters. The van der Waals surface area contributed by atoms with Gasteiger partial charge in [-0.1, -0.05) is 0 Å². The number of hydrogen-bond donors (Lipinski definition) is 1. The van der Waals surface area contributed by atoms with Crippen LogP contribution in [-0.2, 0) is 4.74 Å². The van der Waals surface area contributed by atoms with Gasteiger partial charge >= 0.3 is 5.97 Å². The normalized spacial score (nSPS) is 12.0. The number of carbonyl (C=O) groups excluding carboxylic acids is 1. The molecule has 1 heterocycles. The third-order valence-corrected chi connectivity index (χ3v) is 5.28. The van der Waals surface area contributed by atoms with E-state index in [0.29, 0.717) is 0 Å². The number of nitrogens with two attached hydrogens (primary N) is 1. The first-order valence-corrected chi connectivity index (χ1v) is 10.2. The molecule has 0 spiro atoms. The fourth-order valence-electron chi connectivity index (χ4n) is 2.37. The molecule has 0 aliphatic rings. The monoisotopic (exact) mass is 388 g/mol. The summed E-state index contributed by atoms with van der Waals surface area (Å²) in [5.74, 6) is -3.99. The Bertz CT molecular complexity index is 883. The Morgan fingerprint density at radius 1 is 1.12 bits per heavy atom. The van der Waals surface area contributed by atoms with Crippen LogP contribution in [0.2, 0.25) is 0 Å². The number of nitrogen functional groups attached to an aromatic ring is 1. The molecule has 0 atom stereocenters. The number of anilines is 1. The van der Waals surface area contributed by atoms with Crippen molar-refractivity contribution in [1.82, 2.24) is 4.98 Å². The summed E-state index contributed by atoms with van der Waals surface area (Å²) in [7, 11) is 0.696. The van der Waals surface area contributed by atoms with Crippen LogP contribution in [-0.4, -0.2) is 43.9 Å². The highest BCUT2D eigenvalue weighted by Crippen LogP contribution is 2.48. The number of rotatable bonds is 4. The Balaban J connectivity index is 2.79. The molecule has 2 rings (SSSR count). The zero-order chi connectivity index (χ0) is 19.8. The van der Waals surface area contributed by atoms with E-state index in [1.165, 1.54) is 7.11 Å². The average Bonchev–Trinajstić information content (AvgIpc) is 2.57. The smallest absolute Gasteiger partial charge is 0.360 e. The minimum Gasteiger partial charge on any atom is -0.492 e. The number of carbonyl (C=O) groups is 1. The maximum Gasteiger partial charge on any atom is 0.360 e. The van der Waals surface area contributed by atoms with Gasteiger partial charge in [0, 0.05) is 10.5 Å². The van der Waals surface area contributed by atoms with Crippen LogP contribution < -0.4 is 10.5 Å². The molecule has 0 saturated heterocycles. The first kappa shape index (κ1) is 19.9. The maximum atomic E-state index is 14.6. The zero-order valence-corrected chi connectivity index (χ0v) is 15.8. The molecule has 26 heavy (non-hydrogen) atoms. The number of aromatic nitrogens is 1. The highest BCUT2D eigenvalue weighted by Gasteiger charge is 2.27. The minimum atomic E-state index is -1.56. The molecule has 2 aromatic rings. The van der Waals surface area contributed by atoms with Crippen LogP contribution in [0.15, 0.2) is 17.0 Å². The topological polar surface area (TPSA) is 74.4 Å². The van der Waals surface area contributed by atoms with Gasteiger partial charge in [-0.05, 0) is 30.9 Å². The lowest BCUT2D eigenvalue weighted by Crippen LogP contribution is -2.12. The van der Waals surface area contributed by atoms with Crippen molar-refractivity contribution in [3.63, 3.8) is 0 Å². The molecule has 9 heteroatoms. The van der Waals surface area contributed by atoms with Crippen molar-refractivity contribution in [3.05, 3.63) is 35.3 Å². The summed E-state index contributed by atoms with van der Waals surface area (Å²) in [5.41, 5.74) is 3.61. The summed E-state index contributed by atoms with van der Waals surface area (Å²) in [4.78, 5) is 15.9. The predicted molar refractivity (Wildman–Crippen MR) is 95.5 cm³/mol. The van der Waals surface area contributed by atoms with Crippen LogP contribution in [0.4, 0.5) is 18.9 Å². The van der Waals surface area contributed by atoms with Crippen molar-refractivity contribution in [2.45, 2.75) is 4.90 Å². The average molecular weight is 388 g/mol. The number of ether oxygens (including phenoxy) is 2. The number of halogens is 3. The number of pyridine rings is 1. The molecule has 0 aliphatic heterocycles. The van der Waals surface area contributed by atoms with Gasteiger partial charge in [0.2, 0.25) is 0 Å². The van der Waals surface area contributed by atoms with E-state index in [1.54, 1.807) is 18.8 Å². The predicted octanol–water partition coefficient (Wildman–Crippen LogP) is 3.60. The molecule has 1 aromatic heterocycles. The third kappa shape index (κ3) is 3.44. The van der Waals surface area contributed by atoms with Gasteiger partial charge in [-0.2, -0.15) is 0 Å². The first-order chi connectivity index (χ1) is 12.0. The van der Waals surface area contributed by atoms with Crippen LogP contribution >= 0.6 is 10.0 Å². The fourth-order valence-corrected chi connectivity index (χ4v) is 3.47. The van der Waals surface area contributed by atoms with Gasteiger partial charge in [-0.3, -0.25) is 0 Å². The Kier molecular flexibility index (Phi) is 5.41. The van der Waals surface area contributed by atoms with E-state index >= 15 is 0 Å². The second-order valence-corrected chi connectivity index (χ2v) is 10.3. The van der Waals surface area contributed by atoms with Gasteiger partial charge in [0.15, 0.2) is 17.3 Å². The second kappa shape index (κ2) is 7.06. The highest BCUT2D eigenvalue weighted by atomic mass is 32.3. The standard InChI is InChI=1S/C17H19F3N2O3S/c1-24-16-13(21)12(20)14(22-15(16)17(23)25-2)8-6-10(19)11(7-9(8)18)26(3,4)5/h6-7H,1-5H3,(H2,21,22). The molecule has 142 valence electrons. The molecule has 1 aromatic carbocycles. The van der Waals surface area contributed by atoms with Crippen molar-refractivity contribution in [2.24, 2.45) is 0 Å². The summed E-state index contributed by atoms with van der Waals surface area (Å²) in [6.45, 7) is 0. The summed E-state index contributed by atoms with van der Waals surface area (Å²) in [6.07, 6.45) is 5.39. The number of hydrogen-bond acceptors (Lipinski definition) is 5. The van der Waals surface area contributed by atoms with Gasteiger partial charge < -0.3 is 15.2 Å². The molecule has 0 radical (unpaired) electrons. The van der Waals surface area contributed by atoms with Gasteiger partial charge in [0.1, 0.15) is 23.0 Å². The number of nitrogens with zero attached hydrogens (tertiary/aromatic N) is 1. The maximum absolute atomic E-state index is 14.6. The Morgan fingerprint density at radius 2 is 1.73 bits per heavy atom. The van der Waals surface area contributed by atoms with E-state index in [-0.39, 0.29) is 10.6 Å². The van der Waals surface area contributed by atoms with Crippen LogP contribution in [0, 0.1) is 17.5 Å². The van der Waals surface area contributed by atoms with Gasteiger partial charge in [0.25, 0.3) is 0 Å². The first-order valence-electron chi connectivity index (χ1n) is 7.32. The van der Waals surface area contributed by atoms with E-state index in [1.807, 2.05) is 0 Å². The van der Waals surface area contributed by atoms with Crippen molar-refractivity contribution in [3.8, 4) is 17.0 Å².